The summed E-state index contributed by atoms with van der Waals surface area (Å²) in [4.78, 5) is 34.4. The highest BCUT2D eigenvalue weighted by molar-refractivity contribution is 8.00. The molecule has 2 heterocycles. The van der Waals surface area contributed by atoms with Crippen LogP contribution in [0, 0.1) is 13.8 Å². The second-order valence-electron chi connectivity index (χ2n) is 5.35. The van der Waals surface area contributed by atoms with Gasteiger partial charge in [-0.1, -0.05) is 18.7 Å². The summed E-state index contributed by atoms with van der Waals surface area (Å²) in [5.41, 5.74) is 1.14. The molecular weight excluding hydrogens is 346 g/mol. The molecule has 0 spiro atoms. The third-order valence-corrected chi connectivity index (χ3v) is 5.56. The lowest BCUT2D eigenvalue weighted by molar-refractivity contribution is -0.152. The van der Waals surface area contributed by atoms with Crippen LogP contribution in [0.25, 0.3) is 10.2 Å². The van der Waals surface area contributed by atoms with E-state index in [0.29, 0.717) is 6.54 Å². The van der Waals surface area contributed by atoms with Gasteiger partial charge in [0.25, 0.3) is 5.91 Å². The minimum Gasteiger partial charge on any atom is -0.452 e. The lowest BCUT2D eigenvalue weighted by Gasteiger charge is -2.13. The third-order valence-electron chi connectivity index (χ3n) is 3.48. The molecule has 24 heavy (non-hydrogen) atoms. The van der Waals surface area contributed by atoms with Crippen molar-refractivity contribution >= 4 is 45.2 Å². The lowest BCUT2D eigenvalue weighted by Crippen LogP contribution is -2.36. The Morgan fingerprint density at radius 2 is 2.12 bits per heavy atom. The molecule has 2 aromatic rings. The van der Waals surface area contributed by atoms with Crippen LogP contribution < -0.4 is 5.32 Å². The summed E-state index contributed by atoms with van der Waals surface area (Å²) in [5.74, 6) is -0.606. The van der Waals surface area contributed by atoms with Gasteiger partial charge in [0.1, 0.15) is 16.2 Å². The zero-order valence-electron chi connectivity index (χ0n) is 14.2. The third kappa shape index (κ3) is 4.45. The second-order valence-corrected chi connectivity index (χ2v) is 7.52. The number of nitrogens with one attached hydrogen (secondary N) is 1. The van der Waals surface area contributed by atoms with Gasteiger partial charge in [0.05, 0.1) is 5.75 Å². The van der Waals surface area contributed by atoms with Crippen LogP contribution in [0.5, 0.6) is 0 Å². The van der Waals surface area contributed by atoms with Crippen LogP contribution in [0.1, 0.15) is 30.7 Å². The lowest BCUT2D eigenvalue weighted by atomic mass is 10.2. The summed E-state index contributed by atoms with van der Waals surface area (Å²) >= 11 is 2.92. The van der Waals surface area contributed by atoms with E-state index in [1.807, 2.05) is 20.8 Å². The van der Waals surface area contributed by atoms with Crippen molar-refractivity contribution in [2.75, 3.05) is 12.3 Å². The van der Waals surface area contributed by atoms with Crippen molar-refractivity contribution in [3.8, 4) is 0 Å². The first-order valence-corrected chi connectivity index (χ1v) is 9.55. The highest BCUT2D eigenvalue weighted by Gasteiger charge is 2.18. The summed E-state index contributed by atoms with van der Waals surface area (Å²) in [6, 6.07) is 0. The molecule has 0 radical (unpaired) electrons. The first-order chi connectivity index (χ1) is 11.4. The van der Waals surface area contributed by atoms with Gasteiger partial charge in [-0.25, -0.2) is 9.97 Å². The van der Waals surface area contributed by atoms with Crippen LogP contribution in [-0.4, -0.2) is 40.2 Å². The number of hydrogen-bond donors (Lipinski definition) is 1. The Labute approximate surface area is 149 Å². The summed E-state index contributed by atoms with van der Waals surface area (Å²) < 4.78 is 5.17. The zero-order valence-corrected chi connectivity index (χ0v) is 15.8. The molecule has 2 aromatic heterocycles. The quantitative estimate of drug-likeness (QED) is 0.460. The summed E-state index contributed by atoms with van der Waals surface area (Å²) in [6.07, 6.45) is 1.55. The van der Waals surface area contributed by atoms with E-state index in [2.05, 4.69) is 15.3 Å². The van der Waals surface area contributed by atoms with Crippen molar-refractivity contribution in [2.45, 2.75) is 45.2 Å². The van der Waals surface area contributed by atoms with Crippen molar-refractivity contribution in [1.82, 2.24) is 15.3 Å². The predicted molar refractivity (Wildman–Crippen MR) is 96.5 cm³/mol. The van der Waals surface area contributed by atoms with E-state index in [9.17, 15) is 9.59 Å². The average Bonchev–Trinajstić information content (AvgIpc) is 2.85. The van der Waals surface area contributed by atoms with Gasteiger partial charge in [0.15, 0.2) is 6.10 Å². The second kappa shape index (κ2) is 8.43. The number of thiophene rings is 1. The van der Waals surface area contributed by atoms with Gasteiger partial charge in [0.2, 0.25) is 0 Å². The number of rotatable bonds is 7. The fourth-order valence-corrected chi connectivity index (χ4v) is 3.96. The normalized spacial score (nSPS) is 12.2. The number of amides is 1. The first-order valence-electron chi connectivity index (χ1n) is 7.74. The average molecular weight is 367 g/mol. The molecule has 1 atom stereocenters. The van der Waals surface area contributed by atoms with Gasteiger partial charge in [-0.2, -0.15) is 0 Å². The van der Waals surface area contributed by atoms with E-state index in [1.165, 1.54) is 23.0 Å². The molecule has 6 nitrogen and oxygen atoms in total. The maximum Gasteiger partial charge on any atom is 0.317 e. The van der Waals surface area contributed by atoms with E-state index < -0.39 is 12.1 Å². The Morgan fingerprint density at radius 3 is 2.83 bits per heavy atom. The predicted octanol–water partition coefficient (Wildman–Crippen LogP) is 2.86. The molecule has 0 saturated carbocycles. The number of fused-ring (bicyclic) bond motifs is 1. The molecule has 8 heteroatoms. The number of aryl methyl sites for hydroxylation is 2. The summed E-state index contributed by atoms with van der Waals surface area (Å²) in [6.45, 7) is 8.18. The number of aromatic nitrogens is 2. The molecule has 2 rings (SSSR count). The van der Waals surface area contributed by atoms with Gasteiger partial charge in [0, 0.05) is 16.8 Å². The van der Waals surface area contributed by atoms with E-state index >= 15 is 0 Å². The fraction of sp³-hybridized carbons (Fsp3) is 0.500. The van der Waals surface area contributed by atoms with Gasteiger partial charge >= 0.3 is 5.97 Å². The number of carbonyl (C=O) groups is 2. The van der Waals surface area contributed by atoms with Crippen molar-refractivity contribution in [2.24, 2.45) is 0 Å². The van der Waals surface area contributed by atoms with Crippen LogP contribution in [0.2, 0.25) is 0 Å². The molecule has 0 aliphatic carbocycles. The molecule has 0 aliphatic heterocycles. The Kier molecular flexibility index (Phi) is 6.56. The minimum atomic E-state index is -0.791. The van der Waals surface area contributed by atoms with Crippen LogP contribution in [0.15, 0.2) is 11.4 Å². The van der Waals surface area contributed by atoms with Crippen LogP contribution in [0.3, 0.4) is 0 Å². The van der Waals surface area contributed by atoms with Crippen molar-refractivity contribution < 1.29 is 14.3 Å². The molecule has 0 unspecified atom stereocenters. The molecular formula is C16H21N3O3S2. The van der Waals surface area contributed by atoms with E-state index in [0.717, 1.165) is 27.2 Å². The zero-order chi connectivity index (χ0) is 17.7. The van der Waals surface area contributed by atoms with Crippen LogP contribution >= 0.6 is 23.1 Å². The number of thioether (sulfide) groups is 1. The van der Waals surface area contributed by atoms with Crippen molar-refractivity contribution in [3.05, 3.63) is 16.8 Å². The molecule has 0 aliphatic rings. The molecule has 1 amide bonds. The number of hydrogen-bond acceptors (Lipinski definition) is 7. The monoisotopic (exact) mass is 367 g/mol. The largest absolute Gasteiger partial charge is 0.452 e. The minimum absolute atomic E-state index is 0.103. The van der Waals surface area contributed by atoms with Gasteiger partial charge in [-0.05, 0) is 32.8 Å². The number of carbonyl (C=O) groups excluding carboxylic acids is 2. The van der Waals surface area contributed by atoms with Crippen molar-refractivity contribution in [1.29, 1.82) is 0 Å². The topological polar surface area (TPSA) is 81.2 Å². The number of esters is 1. The summed E-state index contributed by atoms with van der Waals surface area (Å²) in [5, 5.41) is 4.46. The Morgan fingerprint density at radius 1 is 1.38 bits per heavy atom. The van der Waals surface area contributed by atoms with E-state index in [1.54, 1.807) is 18.3 Å². The van der Waals surface area contributed by atoms with Crippen molar-refractivity contribution in [3.63, 3.8) is 0 Å². The molecule has 0 bridgehead atoms. The number of nitrogens with zero attached hydrogens (tertiary/aromatic N) is 2. The van der Waals surface area contributed by atoms with Crippen LogP contribution in [0.4, 0.5) is 0 Å². The SMILES string of the molecule is CCCNC(=O)[C@H](C)OC(=O)CSc1ncnc2sc(C)c(C)c12. The standard InChI is InChI=1S/C16H21N3O3S2/c1-5-6-17-14(21)10(3)22-12(20)7-23-15-13-9(2)11(4)24-16(13)19-8-18-15/h8,10H,5-7H2,1-4H3,(H,17,21)/t10-/m0/s1. The maximum absolute atomic E-state index is 12.0. The molecule has 0 saturated heterocycles. The highest BCUT2D eigenvalue weighted by atomic mass is 32.2. The smallest absolute Gasteiger partial charge is 0.317 e. The fourth-order valence-electron chi connectivity index (χ4n) is 2.06. The van der Waals surface area contributed by atoms with E-state index in [-0.39, 0.29) is 11.7 Å². The number of ether oxygens (including phenoxy) is 1. The molecule has 1 N–H and O–H groups in total. The Hall–Kier alpha value is -1.67. The summed E-state index contributed by atoms with van der Waals surface area (Å²) in [7, 11) is 0. The van der Waals surface area contributed by atoms with Gasteiger partial charge < -0.3 is 10.1 Å². The molecule has 130 valence electrons. The molecule has 0 fully saturated rings. The van der Waals surface area contributed by atoms with E-state index in [4.69, 9.17) is 4.74 Å². The maximum atomic E-state index is 12.0. The Balaban J connectivity index is 1.96. The van der Waals surface area contributed by atoms with Gasteiger partial charge in [-0.15, -0.1) is 11.3 Å². The first kappa shape index (κ1) is 18.7. The molecule has 0 aromatic carbocycles. The Bertz CT molecular complexity index is 745. The van der Waals surface area contributed by atoms with Gasteiger partial charge in [-0.3, -0.25) is 9.59 Å². The highest BCUT2D eigenvalue weighted by Crippen LogP contribution is 2.34. The van der Waals surface area contributed by atoms with Crippen LogP contribution in [-0.2, 0) is 14.3 Å².